The third kappa shape index (κ3) is 4.24. The number of ether oxygens (including phenoxy) is 1. The maximum Gasteiger partial charge on any atom is 0.341 e. The van der Waals surface area contributed by atoms with Crippen LogP contribution in [0.2, 0.25) is 0 Å². The lowest BCUT2D eigenvalue weighted by Gasteiger charge is -2.36. The van der Waals surface area contributed by atoms with Crippen LogP contribution in [0.4, 0.5) is 5.00 Å². The molecule has 0 aromatic carbocycles. The fourth-order valence-corrected chi connectivity index (χ4v) is 5.84. The number of hydrogen-bond acceptors (Lipinski definition) is 6. The number of piperazine rings is 1. The standard InChI is InChI=1S/C21H29N5O2S2/c1-4-26-13-15(14(2)23-26)12-24-8-10-25(11-9-24)21(29)22-19-18(20(27)28-3)16-6-5-7-17(16)30-19/h13H,4-12H2,1-3H3,(H,22,29). The van der Waals surface area contributed by atoms with Crippen molar-refractivity contribution in [1.29, 1.82) is 0 Å². The molecule has 1 fully saturated rings. The monoisotopic (exact) mass is 447 g/mol. The predicted octanol–water partition coefficient (Wildman–Crippen LogP) is 3.06. The van der Waals surface area contributed by atoms with Gasteiger partial charge in [0.15, 0.2) is 5.11 Å². The largest absolute Gasteiger partial charge is 0.465 e. The molecule has 0 radical (unpaired) electrons. The highest BCUT2D eigenvalue weighted by Gasteiger charge is 2.28. The highest BCUT2D eigenvalue weighted by Crippen LogP contribution is 2.39. The Balaban J connectivity index is 1.36. The molecule has 0 atom stereocenters. The normalized spacial score (nSPS) is 16.6. The van der Waals surface area contributed by atoms with Gasteiger partial charge in [-0.2, -0.15) is 5.10 Å². The molecule has 0 saturated carbocycles. The van der Waals surface area contributed by atoms with Crippen LogP contribution in [0.5, 0.6) is 0 Å². The first-order valence-corrected chi connectivity index (χ1v) is 11.8. The van der Waals surface area contributed by atoms with Gasteiger partial charge in [0.05, 0.1) is 18.4 Å². The molecular weight excluding hydrogens is 418 g/mol. The number of thiophene rings is 1. The van der Waals surface area contributed by atoms with Crippen LogP contribution in [0.15, 0.2) is 6.20 Å². The van der Waals surface area contributed by atoms with Crippen LogP contribution in [-0.4, -0.2) is 64.0 Å². The van der Waals surface area contributed by atoms with Crippen molar-refractivity contribution in [2.75, 3.05) is 38.6 Å². The van der Waals surface area contributed by atoms with Crippen molar-refractivity contribution in [1.82, 2.24) is 19.6 Å². The molecular formula is C21H29N5O2S2. The van der Waals surface area contributed by atoms with Crippen molar-refractivity contribution in [3.8, 4) is 0 Å². The summed E-state index contributed by atoms with van der Waals surface area (Å²) in [4.78, 5) is 18.3. The number of thiocarbonyl (C=S) groups is 1. The van der Waals surface area contributed by atoms with Gasteiger partial charge in [0.25, 0.3) is 0 Å². The minimum Gasteiger partial charge on any atom is -0.465 e. The van der Waals surface area contributed by atoms with Crippen LogP contribution in [0.25, 0.3) is 0 Å². The molecule has 0 spiro atoms. The van der Waals surface area contributed by atoms with Crippen LogP contribution in [0.1, 0.15) is 45.4 Å². The number of methoxy groups -OCH3 is 1. The summed E-state index contributed by atoms with van der Waals surface area (Å²) in [7, 11) is 1.44. The number of esters is 1. The van der Waals surface area contributed by atoms with E-state index in [1.165, 1.54) is 17.6 Å². The lowest BCUT2D eigenvalue weighted by atomic mass is 10.1. The predicted molar refractivity (Wildman–Crippen MR) is 123 cm³/mol. The summed E-state index contributed by atoms with van der Waals surface area (Å²) >= 11 is 7.34. The van der Waals surface area contributed by atoms with Gasteiger partial charge in [-0.05, 0) is 50.9 Å². The van der Waals surface area contributed by atoms with Crippen LogP contribution in [0, 0.1) is 6.92 Å². The highest BCUT2D eigenvalue weighted by molar-refractivity contribution is 7.80. The Bertz CT molecular complexity index is 944. The molecule has 2 aliphatic rings. The lowest BCUT2D eigenvalue weighted by Crippen LogP contribution is -2.49. The second-order valence-electron chi connectivity index (χ2n) is 7.84. The van der Waals surface area contributed by atoms with E-state index in [0.29, 0.717) is 10.7 Å². The van der Waals surface area contributed by atoms with Gasteiger partial charge in [0.2, 0.25) is 0 Å². The summed E-state index contributed by atoms with van der Waals surface area (Å²) in [6.07, 6.45) is 5.23. The minimum absolute atomic E-state index is 0.271. The van der Waals surface area contributed by atoms with Crippen molar-refractivity contribution < 1.29 is 9.53 Å². The summed E-state index contributed by atoms with van der Waals surface area (Å²) in [5.41, 5.74) is 4.23. The fraction of sp³-hybridized carbons (Fsp3) is 0.571. The van der Waals surface area contributed by atoms with Crippen LogP contribution in [0.3, 0.4) is 0 Å². The zero-order chi connectivity index (χ0) is 21.3. The zero-order valence-electron chi connectivity index (χ0n) is 17.9. The van der Waals surface area contributed by atoms with Gasteiger partial charge in [0, 0.05) is 55.9 Å². The molecule has 1 saturated heterocycles. The average Bonchev–Trinajstić information content (AvgIpc) is 3.42. The smallest absolute Gasteiger partial charge is 0.341 e. The van der Waals surface area contributed by atoms with Crippen molar-refractivity contribution in [3.63, 3.8) is 0 Å². The summed E-state index contributed by atoms with van der Waals surface area (Å²) in [5.74, 6) is -0.271. The molecule has 30 heavy (non-hydrogen) atoms. The molecule has 3 heterocycles. The minimum atomic E-state index is -0.271. The van der Waals surface area contributed by atoms with Gasteiger partial charge in [-0.3, -0.25) is 9.58 Å². The number of aromatic nitrogens is 2. The van der Waals surface area contributed by atoms with E-state index in [1.54, 1.807) is 11.3 Å². The topological polar surface area (TPSA) is 62.6 Å². The second kappa shape index (κ2) is 9.03. The molecule has 7 nitrogen and oxygen atoms in total. The third-order valence-electron chi connectivity index (χ3n) is 5.96. The third-order valence-corrected chi connectivity index (χ3v) is 7.52. The van der Waals surface area contributed by atoms with E-state index in [4.69, 9.17) is 17.0 Å². The van der Waals surface area contributed by atoms with Gasteiger partial charge in [-0.1, -0.05) is 0 Å². The van der Waals surface area contributed by atoms with Crippen molar-refractivity contribution in [3.05, 3.63) is 33.5 Å². The van der Waals surface area contributed by atoms with E-state index < -0.39 is 0 Å². The van der Waals surface area contributed by atoms with Crippen LogP contribution in [-0.2, 0) is 30.7 Å². The average molecular weight is 448 g/mol. The van der Waals surface area contributed by atoms with E-state index in [2.05, 4.69) is 40.3 Å². The Morgan fingerprint density at radius 3 is 2.73 bits per heavy atom. The number of nitrogens with one attached hydrogen (secondary N) is 1. The Labute approximate surface area is 187 Å². The van der Waals surface area contributed by atoms with Crippen molar-refractivity contribution in [2.45, 2.75) is 46.2 Å². The number of carbonyl (C=O) groups is 1. The SMILES string of the molecule is CCn1cc(CN2CCN(C(=S)Nc3sc4c(c3C(=O)OC)CCC4)CC2)c(C)n1. The quantitative estimate of drug-likeness (QED) is 0.558. The van der Waals surface area contributed by atoms with E-state index in [1.807, 2.05) is 4.68 Å². The molecule has 0 unspecified atom stereocenters. The van der Waals surface area contributed by atoms with E-state index in [9.17, 15) is 4.79 Å². The lowest BCUT2D eigenvalue weighted by molar-refractivity contribution is 0.0601. The van der Waals surface area contributed by atoms with Crippen LogP contribution >= 0.6 is 23.6 Å². The number of aryl methyl sites for hydroxylation is 3. The summed E-state index contributed by atoms with van der Waals surface area (Å²) < 4.78 is 7.03. The highest BCUT2D eigenvalue weighted by atomic mass is 32.1. The Morgan fingerprint density at radius 2 is 2.07 bits per heavy atom. The number of anilines is 1. The first-order valence-electron chi connectivity index (χ1n) is 10.5. The summed E-state index contributed by atoms with van der Waals surface area (Å²) in [6, 6.07) is 0. The number of fused-ring (bicyclic) bond motifs is 1. The number of rotatable bonds is 5. The maximum atomic E-state index is 12.4. The first-order chi connectivity index (χ1) is 14.5. The summed E-state index contributed by atoms with van der Waals surface area (Å²) in [5, 5.41) is 9.42. The molecule has 4 rings (SSSR count). The van der Waals surface area contributed by atoms with Gasteiger partial charge < -0.3 is 15.0 Å². The van der Waals surface area contributed by atoms with Gasteiger partial charge in [0.1, 0.15) is 5.00 Å². The molecule has 1 aliphatic heterocycles. The zero-order valence-corrected chi connectivity index (χ0v) is 19.5. The van der Waals surface area contributed by atoms with Gasteiger partial charge in [-0.25, -0.2) is 4.79 Å². The van der Waals surface area contributed by atoms with Gasteiger partial charge in [-0.15, -0.1) is 11.3 Å². The summed E-state index contributed by atoms with van der Waals surface area (Å²) in [6.45, 7) is 9.63. The molecule has 0 amide bonds. The molecule has 162 valence electrons. The Kier molecular flexibility index (Phi) is 6.40. The van der Waals surface area contributed by atoms with E-state index in [-0.39, 0.29) is 5.97 Å². The second-order valence-corrected chi connectivity index (χ2v) is 9.33. The van der Waals surface area contributed by atoms with Gasteiger partial charge >= 0.3 is 5.97 Å². The molecule has 2 aromatic heterocycles. The van der Waals surface area contributed by atoms with Crippen LogP contribution < -0.4 is 5.32 Å². The van der Waals surface area contributed by atoms with Crippen molar-refractivity contribution in [2.24, 2.45) is 0 Å². The Hall–Kier alpha value is -1.97. The molecule has 0 bridgehead atoms. The fourth-order valence-electron chi connectivity index (χ4n) is 4.21. The van der Waals surface area contributed by atoms with Crippen molar-refractivity contribution >= 4 is 39.6 Å². The first kappa shape index (κ1) is 21.3. The molecule has 2 aromatic rings. The van der Waals surface area contributed by atoms with E-state index >= 15 is 0 Å². The number of nitrogens with zero attached hydrogens (tertiary/aromatic N) is 4. The van der Waals surface area contributed by atoms with E-state index in [0.717, 1.165) is 74.8 Å². The molecule has 1 aliphatic carbocycles. The molecule has 9 heteroatoms. The number of hydrogen-bond donors (Lipinski definition) is 1. The number of carbonyl (C=O) groups excluding carboxylic acids is 1. The Morgan fingerprint density at radius 1 is 1.30 bits per heavy atom. The molecule has 1 N–H and O–H groups in total. The maximum absolute atomic E-state index is 12.4.